The van der Waals surface area contributed by atoms with Gasteiger partial charge in [0.15, 0.2) is 0 Å². The van der Waals surface area contributed by atoms with Gasteiger partial charge in [0.05, 0.1) is 5.69 Å². The number of nitrogens with one attached hydrogen (secondary N) is 1. The maximum Gasteiger partial charge on any atom is 0.0644 e. The molecule has 0 saturated heterocycles. The number of para-hydroxylation sites is 1. The summed E-state index contributed by atoms with van der Waals surface area (Å²) in [6.07, 6.45) is 9.89. The van der Waals surface area contributed by atoms with Gasteiger partial charge in [0.25, 0.3) is 0 Å². The van der Waals surface area contributed by atoms with Crippen LogP contribution in [0.2, 0.25) is 0 Å². The maximum atomic E-state index is 3.74. The highest BCUT2D eigenvalue weighted by Gasteiger charge is 2.05. The van der Waals surface area contributed by atoms with Crippen molar-refractivity contribution in [3.05, 3.63) is 67.0 Å². The van der Waals surface area contributed by atoms with E-state index in [0.29, 0.717) is 0 Å². The molecule has 92 valence electrons. The highest BCUT2D eigenvalue weighted by molar-refractivity contribution is 5.93. The van der Waals surface area contributed by atoms with Crippen molar-refractivity contribution in [2.24, 2.45) is 7.05 Å². The highest BCUT2D eigenvalue weighted by atomic mass is 15.0. The molecule has 0 fully saturated rings. The van der Waals surface area contributed by atoms with Gasteiger partial charge >= 0.3 is 0 Å². The van der Waals surface area contributed by atoms with Crippen molar-refractivity contribution in [3.8, 4) is 0 Å². The third-order valence-corrected chi connectivity index (χ3v) is 2.82. The number of fused-ring (bicyclic) bond motifs is 1. The number of hydrogen-bond donors (Lipinski definition) is 1. The van der Waals surface area contributed by atoms with Crippen molar-refractivity contribution in [3.63, 3.8) is 0 Å². The highest BCUT2D eigenvalue weighted by Crippen LogP contribution is 2.26. The average molecular weight is 238 g/mol. The van der Waals surface area contributed by atoms with Gasteiger partial charge < -0.3 is 9.88 Å². The van der Waals surface area contributed by atoms with Crippen LogP contribution in [0.15, 0.2) is 67.0 Å². The number of aromatic nitrogens is 1. The summed E-state index contributed by atoms with van der Waals surface area (Å²) in [4.78, 5) is 0. The van der Waals surface area contributed by atoms with E-state index in [-0.39, 0.29) is 0 Å². The second-order valence-corrected chi connectivity index (χ2v) is 4.15. The van der Waals surface area contributed by atoms with E-state index in [2.05, 4.69) is 54.0 Å². The first-order chi connectivity index (χ1) is 8.76. The minimum Gasteiger partial charge on any atom is -0.354 e. The Morgan fingerprint density at radius 2 is 2.11 bits per heavy atom. The first-order valence-electron chi connectivity index (χ1n) is 6.02. The second-order valence-electron chi connectivity index (χ2n) is 4.15. The number of rotatable bonds is 4. The summed E-state index contributed by atoms with van der Waals surface area (Å²) in [6, 6.07) is 8.35. The Kier molecular flexibility index (Phi) is 3.68. The van der Waals surface area contributed by atoms with Gasteiger partial charge in [-0.2, -0.15) is 0 Å². The lowest BCUT2D eigenvalue weighted by Gasteiger charge is -2.05. The van der Waals surface area contributed by atoms with Crippen molar-refractivity contribution >= 4 is 16.6 Å². The van der Waals surface area contributed by atoms with Gasteiger partial charge in [-0.25, -0.2) is 0 Å². The molecule has 0 unspecified atom stereocenters. The summed E-state index contributed by atoms with van der Waals surface area (Å²) in [5, 5.41) is 4.65. The van der Waals surface area contributed by atoms with Crippen molar-refractivity contribution in [2.45, 2.75) is 6.92 Å². The van der Waals surface area contributed by atoms with Gasteiger partial charge in [0.1, 0.15) is 0 Å². The van der Waals surface area contributed by atoms with Crippen molar-refractivity contribution < 1.29 is 0 Å². The first-order valence-corrected chi connectivity index (χ1v) is 6.02. The normalized spacial score (nSPS) is 12.2. The summed E-state index contributed by atoms with van der Waals surface area (Å²) in [5.74, 6) is 0. The molecule has 0 aliphatic heterocycles. The second kappa shape index (κ2) is 5.41. The minimum atomic E-state index is 1.03. The van der Waals surface area contributed by atoms with E-state index >= 15 is 0 Å². The van der Waals surface area contributed by atoms with Crippen LogP contribution >= 0.6 is 0 Å². The quantitative estimate of drug-likeness (QED) is 0.788. The number of aryl methyl sites for hydroxylation is 1. The van der Waals surface area contributed by atoms with Crippen molar-refractivity contribution in [1.82, 2.24) is 4.57 Å². The lowest BCUT2D eigenvalue weighted by atomic mass is 10.2. The zero-order valence-corrected chi connectivity index (χ0v) is 10.9. The summed E-state index contributed by atoms with van der Waals surface area (Å²) in [6.45, 7) is 5.74. The van der Waals surface area contributed by atoms with Crippen LogP contribution in [-0.2, 0) is 7.05 Å². The number of benzene rings is 1. The Morgan fingerprint density at radius 1 is 1.33 bits per heavy atom. The Balaban J connectivity index is 2.43. The third-order valence-electron chi connectivity index (χ3n) is 2.82. The van der Waals surface area contributed by atoms with Gasteiger partial charge in [0.2, 0.25) is 0 Å². The number of nitrogens with zero attached hydrogens (tertiary/aromatic N) is 1. The topological polar surface area (TPSA) is 17.0 Å². The predicted octanol–water partition coefficient (Wildman–Crippen LogP) is 4.24. The zero-order chi connectivity index (χ0) is 13.0. The van der Waals surface area contributed by atoms with Gasteiger partial charge in [-0.05, 0) is 25.1 Å². The van der Waals surface area contributed by atoms with Gasteiger partial charge in [-0.1, -0.05) is 36.9 Å². The Morgan fingerprint density at radius 3 is 2.83 bits per heavy atom. The van der Waals surface area contributed by atoms with Crippen LogP contribution in [0.4, 0.5) is 5.69 Å². The molecule has 0 aliphatic rings. The molecule has 2 aromatic rings. The van der Waals surface area contributed by atoms with E-state index in [1.165, 1.54) is 10.9 Å². The Labute approximate surface area is 108 Å². The van der Waals surface area contributed by atoms with Crippen LogP contribution in [0.25, 0.3) is 10.9 Å². The largest absolute Gasteiger partial charge is 0.354 e. The number of anilines is 1. The summed E-state index contributed by atoms with van der Waals surface area (Å²) in [7, 11) is 2.06. The zero-order valence-electron chi connectivity index (χ0n) is 10.9. The van der Waals surface area contributed by atoms with E-state index in [1.54, 1.807) is 6.08 Å². The fourth-order valence-corrected chi connectivity index (χ4v) is 2.04. The lowest BCUT2D eigenvalue weighted by Crippen LogP contribution is -1.95. The lowest BCUT2D eigenvalue weighted by molar-refractivity contribution is 0.970. The standard InChI is InChI=1S/C16H18N2/c1-4-8-13(9-5-2)17-15-12-18(3)16-11-7-6-10-14(15)16/h4-12,17H,1H2,2-3H3/b9-5-,13-8+. The van der Waals surface area contributed by atoms with E-state index in [0.717, 1.165) is 11.4 Å². The predicted molar refractivity (Wildman–Crippen MR) is 79.6 cm³/mol. The van der Waals surface area contributed by atoms with E-state index in [4.69, 9.17) is 0 Å². The molecule has 0 saturated carbocycles. The molecule has 1 aromatic carbocycles. The first kappa shape index (κ1) is 12.2. The molecule has 0 amide bonds. The number of hydrogen-bond acceptors (Lipinski definition) is 1. The molecule has 0 radical (unpaired) electrons. The molecule has 2 nitrogen and oxygen atoms in total. The SMILES string of the molecule is C=C/C=C(\C=C/C)Nc1cn(C)c2ccccc12. The molecule has 2 rings (SSSR count). The summed E-state index contributed by atoms with van der Waals surface area (Å²) >= 11 is 0. The molecule has 1 N–H and O–H groups in total. The van der Waals surface area contributed by atoms with Gasteiger partial charge in [0, 0.05) is 29.8 Å². The molecule has 1 aromatic heterocycles. The Bertz CT molecular complexity index is 615. The van der Waals surface area contributed by atoms with Crippen molar-refractivity contribution in [2.75, 3.05) is 5.32 Å². The van der Waals surface area contributed by atoms with Crippen LogP contribution in [0.5, 0.6) is 0 Å². The van der Waals surface area contributed by atoms with E-state index in [9.17, 15) is 0 Å². The monoisotopic (exact) mass is 238 g/mol. The molecule has 0 spiro atoms. The maximum absolute atomic E-state index is 3.74. The number of allylic oxidation sites excluding steroid dienone is 4. The molecule has 1 heterocycles. The summed E-state index contributed by atoms with van der Waals surface area (Å²) in [5.41, 5.74) is 3.36. The van der Waals surface area contributed by atoms with E-state index < -0.39 is 0 Å². The molecule has 2 heteroatoms. The van der Waals surface area contributed by atoms with Crippen LogP contribution in [0, 0.1) is 0 Å². The third kappa shape index (κ3) is 2.38. The Hall–Kier alpha value is -2.22. The smallest absolute Gasteiger partial charge is 0.0644 e. The molecule has 18 heavy (non-hydrogen) atoms. The molecular weight excluding hydrogens is 220 g/mol. The fraction of sp³-hybridized carbons (Fsp3) is 0.125. The summed E-state index contributed by atoms with van der Waals surface area (Å²) < 4.78 is 2.12. The van der Waals surface area contributed by atoms with Crippen LogP contribution in [0.1, 0.15) is 6.92 Å². The molecule has 0 atom stereocenters. The van der Waals surface area contributed by atoms with Crippen LogP contribution in [0.3, 0.4) is 0 Å². The van der Waals surface area contributed by atoms with Crippen molar-refractivity contribution in [1.29, 1.82) is 0 Å². The molecular formula is C16H18N2. The van der Waals surface area contributed by atoms with Gasteiger partial charge in [-0.15, -0.1) is 0 Å². The van der Waals surface area contributed by atoms with Crippen LogP contribution in [-0.4, -0.2) is 4.57 Å². The molecule has 0 bridgehead atoms. The fourth-order valence-electron chi connectivity index (χ4n) is 2.04. The van der Waals surface area contributed by atoms with E-state index in [1.807, 2.05) is 25.2 Å². The van der Waals surface area contributed by atoms with Crippen LogP contribution < -0.4 is 5.32 Å². The average Bonchev–Trinajstić information content (AvgIpc) is 2.68. The molecule has 0 aliphatic carbocycles. The van der Waals surface area contributed by atoms with Gasteiger partial charge in [-0.3, -0.25) is 0 Å². The minimum absolute atomic E-state index is 1.03.